The highest BCUT2D eigenvalue weighted by molar-refractivity contribution is 5.70. The van der Waals surface area contributed by atoms with E-state index in [4.69, 9.17) is 10.5 Å². The molecule has 4 N–H and O–H groups in total. The molecule has 2 atom stereocenters. The summed E-state index contributed by atoms with van der Waals surface area (Å²) in [6.07, 6.45) is 6.84. The van der Waals surface area contributed by atoms with E-state index in [9.17, 15) is 4.79 Å². The van der Waals surface area contributed by atoms with Gasteiger partial charge in [-0.3, -0.25) is 5.43 Å². The predicted octanol–water partition coefficient (Wildman–Crippen LogP) is 0.609. The summed E-state index contributed by atoms with van der Waals surface area (Å²) in [7, 11) is 0. The molecule has 0 spiro atoms. The number of ether oxygens (including phenoxy) is 1. The Morgan fingerprint density at radius 2 is 2.21 bits per heavy atom. The number of hydrazine groups is 1. The van der Waals surface area contributed by atoms with Crippen molar-refractivity contribution in [2.75, 3.05) is 0 Å². The maximum Gasteiger partial charge on any atom is 0.326 e. The Labute approximate surface area is 83.3 Å². The van der Waals surface area contributed by atoms with E-state index in [-0.39, 0.29) is 5.72 Å². The summed E-state index contributed by atoms with van der Waals surface area (Å²) in [6, 6.07) is -0.560. The number of fused-ring (bicyclic) bond motifs is 2. The molecule has 0 aromatic carbocycles. The average molecular weight is 199 g/mol. The van der Waals surface area contributed by atoms with Crippen LogP contribution in [0.5, 0.6) is 0 Å². The van der Waals surface area contributed by atoms with Crippen LogP contribution in [0, 0.1) is 0 Å². The number of amides is 2. The number of urea groups is 1. The van der Waals surface area contributed by atoms with E-state index in [0.29, 0.717) is 6.10 Å². The van der Waals surface area contributed by atoms with Gasteiger partial charge in [-0.25, -0.2) is 10.2 Å². The summed E-state index contributed by atoms with van der Waals surface area (Å²) < 4.78 is 5.88. The van der Waals surface area contributed by atoms with Gasteiger partial charge in [-0.2, -0.15) is 0 Å². The Morgan fingerprint density at radius 3 is 3.00 bits per heavy atom. The van der Waals surface area contributed by atoms with Gasteiger partial charge in [0.2, 0.25) is 0 Å². The SMILES string of the molecule is NC(=O)NN[C@]12CCCC[C@H](CC1)O2. The number of primary amides is 1. The molecule has 0 aliphatic carbocycles. The molecule has 2 heterocycles. The summed E-state index contributed by atoms with van der Waals surface area (Å²) in [5.74, 6) is 0. The quantitative estimate of drug-likeness (QED) is 0.570. The fraction of sp³-hybridized carbons (Fsp3) is 0.889. The van der Waals surface area contributed by atoms with Crippen LogP contribution >= 0.6 is 0 Å². The van der Waals surface area contributed by atoms with Gasteiger partial charge in [-0.15, -0.1) is 0 Å². The second-order valence-electron chi connectivity index (χ2n) is 4.13. The average Bonchev–Trinajstić information content (AvgIpc) is 2.40. The molecule has 0 radical (unpaired) electrons. The zero-order valence-corrected chi connectivity index (χ0v) is 8.21. The van der Waals surface area contributed by atoms with Gasteiger partial charge >= 0.3 is 6.03 Å². The first-order valence-corrected chi connectivity index (χ1v) is 5.21. The Kier molecular flexibility index (Phi) is 2.60. The van der Waals surface area contributed by atoms with Gasteiger partial charge in [0, 0.05) is 0 Å². The molecular formula is C9H17N3O2. The van der Waals surface area contributed by atoms with Gasteiger partial charge in [0.1, 0.15) is 5.72 Å². The first-order valence-electron chi connectivity index (χ1n) is 5.21. The predicted molar refractivity (Wildman–Crippen MR) is 51.2 cm³/mol. The van der Waals surface area contributed by atoms with Crippen LogP contribution in [-0.4, -0.2) is 17.9 Å². The standard InChI is InChI=1S/C9H17N3O2/c10-8(13)11-12-9-5-2-1-3-7(14-9)4-6-9/h7,12H,1-6H2,(H3,10,11,13)/t7-,9+/m1/s1. The third-order valence-corrected chi connectivity index (χ3v) is 3.03. The molecule has 5 heteroatoms. The summed E-state index contributed by atoms with van der Waals surface area (Å²) in [4.78, 5) is 10.6. The molecule has 0 aromatic rings. The number of nitrogens with one attached hydrogen (secondary N) is 2. The van der Waals surface area contributed by atoms with Crippen molar-refractivity contribution in [3.05, 3.63) is 0 Å². The fourth-order valence-electron chi connectivity index (χ4n) is 2.33. The summed E-state index contributed by atoms with van der Waals surface area (Å²) in [6.45, 7) is 0. The number of carbonyl (C=O) groups is 1. The molecule has 2 amide bonds. The molecule has 0 saturated carbocycles. The van der Waals surface area contributed by atoms with Crippen molar-refractivity contribution < 1.29 is 9.53 Å². The second kappa shape index (κ2) is 3.74. The van der Waals surface area contributed by atoms with Gasteiger partial charge in [0.05, 0.1) is 6.10 Å². The number of carbonyl (C=O) groups excluding carboxylic acids is 1. The first kappa shape index (κ1) is 9.73. The molecule has 2 aliphatic rings. The lowest BCUT2D eigenvalue weighted by molar-refractivity contribution is -0.0676. The molecule has 0 aromatic heterocycles. The summed E-state index contributed by atoms with van der Waals surface area (Å²) in [5.41, 5.74) is 10.0. The number of rotatable bonds is 2. The van der Waals surface area contributed by atoms with Crippen molar-refractivity contribution in [1.82, 2.24) is 10.9 Å². The molecule has 5 nitrogen and oxygen atoms in total. The minimum absolute atomic E-state index is 0.351. The molecule has 2 bridgehead atoms. The van der Waals surface area contributed by atoms with Crippen molar-refractivity contribution in [3.8, 4) is 0 Å². The minimum atomic E-state index is -0.560. The van der Waals surface area contributed by atoms with Crippen molar-refractivity contribution in [3.63, 3.8) is 0 Å². The van der Waals surface area contributed by atoms with E-state index in [1.165, 1.54) is 6.42 Å². The zero-order chi connectivity index (χ0) is 10.0. The highest BCUT2D eigenvalue weighted by Crippen LogP contribution is 2.37. The summed E-state index contributed by atoms with van der Waals surface area (Å²) >= 11 is 0. The lowest BCUT2D eigenvalue weighted by Crippen LogP contribution is -2.55. The van der Waals surface area contributed by atoms with Crippen LogP contribution in [0.3, 0.4) is 0 Å². The van der Waals surface area contributed by atoms with Gasteiger partial charge < -0.3 is 10.5 Å². The smallest absolute Gasteiger partial charge is 0.326 e. The lowest BCUT2D eigenvalue weighted by Gasteiger charge is -2.28. The third-order valence-electron chi connectivity index (χ3n) is 3.03. The Hall–Kier alpha value is -0.810. The Morgan fingerprint density at radius 1 is 1.36 bits per heavy atom. The monoisotopic (exact) mass is 199 g/mol. The van der Waals surface area contributed by atoms with Crippen molar-refractivity contribution in [1.29, 1.82) is 0 Å². The molecule has 2 fully saturated rings. The number of nitrogens with two attached hydrogens (primary N) is 1. The number of hydrogen-bond acceptors (Lipinski definition) is 3. The van der Waals surface area contributed by atoms with Crippen molar-refractivity contribution in [2.24, 2.45) is 5.73 Å². The third kappa shape index (κ3) is 1.99. The van der Waals surface area contributed by atoms with Gasteiger partial charge in [-0.05, 0) is 32.1 Å². The van der Waals surface area contributed by atoms with Crippen molar-refractivity contribution >= 4 is 6.03 Å². The number of hydrogen-bond donors (Lipinski definition) is 3. The van der Waals surface area contributed by atoms with E-state index in [0.717, 1.165) is 32.1 Å². The summed E-state index contributed by atoms with van der Waals surface area (Å²) in [5, 5.41) is 0. The Balaban J connectivity index is 1.95. The van der Waals surface area contributed by atoms with Crippen LogP contribution in [0.4, 0.5) is 4.79 Å². The van der Waals surface area contributed by atoms with Crippen LogP contribution in [0.2, 0.25) is 0 Å². The molecule has 2 aliphatic heterocycles. The van der Waals surface area contributed by atoms with E-state index >= 15 is 0 Å². The van der Waals surface area contributed by atoms with Crippen molar-refractivity contribution in [2.45, 2.75) is 50.4 Å². The lowest BCUT2D eigenvalue weighted by atomic mass is 9.97. The largest absolute Gasteiger partial charge is 0.356 e. The molecule has 80 valence electrons. The fourth-order valence-corrected chi connectivity index (χ4v) is 2.33. The van der Waals surface area contributed by atoms with Gasteiger partial charge in [0.25, 0.3) is 0 Å². The van der Waals surface area contributed by atoms with Gasteiger partial charge in [0.15, 0.2) is 0 Å². The molecule has 0 unspecified atom stereocenters. The van der Waals surface area contributed by atoms with Gasteiger partial charge in [-0.1, -0.05) is 6.42 Å². The van der Waals surface area contributed by atoms with E-state index in [1.54, 1.807) is 0 Å². The van der Waals surface area contributed by atoms with Crippen LogP contribution in [-0.2, 0) is 4.74 Å². The molecule has 2 saturated heterocycles. The molecule has 2 rings (SSSR count). The molecule has 14 heavy (non-hydrogen) atoms. The van der Waals surface area contributed by atoms with E-state index in [2.05, 4.69) is 10.9 Å². The second-order valence-corrected chi connectivity index (χ2v) is 4.13. The topological polar surface area (TPSA) is 76.4 Å². The first-order chi connectivity index (χ1) is 6.70. The zero-order valence-electron chi connectivity index (χ0n) is 8.21. The van der Waals surface area contributed by atoms with E-state index in [1.807, 2.05) is 0 Å². The van der Waals surface area contributed by atoms with Crippen LogP contribution in [0.25, 0.3) is 0 Å². The highest BCUT2D eigenvalue weighted by Gasteiger charge is 2.41. The maximum absolute atomic E-state index is 10.6. The normalized spacial score (nSPS) is 36.4. The van der Waals surface area contributed by atoms with Crippen LogP contribution in [0.1, 0.15) is 38.5 Å². The van der Waals surface area contributed by atoms with Crippen LogP contribution < -0.4 is 16.6 Å². The highest BCUT2D eigenvalue weighted by atomic mass is 16.5. The van der Waals surface area contributed by atoms with Crippen LogP contribution in [0.15, 0.2) is 0 Å². The minimum Gasteiger partial charge on any atom is -0.356 e. The van der Waals surface area contributed by atoms with E-state index < -0.39 is 6.03 Å². The Bertz CT molecular complexity index is 234. The molecular weight excluding hydrogens is 182 g/mol. The maximum atomic E-state index is 10.6.